The van der Waals surface area contributed by atoms with Crippen LogP contribution in [-0.4, -0.2) is 23.9 Å². The highest BCUT2D eigenvalue weighted by atomic mass is 19.1. The third kappa shape index (κ3) is 2.96. The van der Waals surface area contributed by atoms with Gasteiger partial charge in [0.1, 0.15) is 0 Å². The molecule has 0 aliphatic carbocycles. The van der Waals surface area contributed by atoms with Crippen LogP contribution in [0, 0.1) is 5.82 Å². The largest absolute Gasteiger partial charge is 0.494 e. The average molecular weight is 279 g/mol. The summed E-state index contributed by atoms with van der Waals surface area (Å²) in [4.78, 5) is 0. The summed E-state index contributed by atoms with van der Waals surface area (Å²) in [7, 11) is 1.42. The number of benzene rings is 1. The van der Waals surface area contributed by atoms with Gasteiger partial charge in [-0.1, -0.05) is 13.8 Å². The molecule has 0 spiro atoms. The van der Waals surface area contributed by atoms with Gasteiger partial charge in [-0.05, 0) is 31.2 Å². The van der Waals surface area contributed by atoms with E-state index in [-0.39, 0.29) is 11.8 Å². The average Bonchev–Trinajstić information content (AvgIpc) is 2.95. The first-order valence-corrected chi connectivity index (χ1v) is 6.60. The summed E-state index contributed by atoms with van der Waals surface area (Å²) in [5.74, 6) is 0.623. The van der Waals surface area contributed by atoms with Crippen LogP contribution in [0.3, 0.4) is 0 Å². The van der Waals surface area contributed by atoms with Crippen LogP contribution in [0.4, 0.5) is 4.39 Å². The van der Waals surface area contributed by atoms with Gasteiger partial charge in [-0.25, -0.2) is 4.39 Å². The van der Waals surface area contributed by atoms with Gasteiger partial charge in [-0.2, -0.15) is 0 Å². The zero-order valence-corrected chi connectivity index (χ0v) is 11.8. The van der Waals surface area contributed by atoms with Gasteiger partial charge in [0.15, 0.2) is 11.6 Å². The van der Waals surface area contributed by atoms with Gasteiger partial charge in [-0.15, -0.1) is 10.2 Å². The van der Waals surface area contributed by atoms with Gasteiger partial charge in [0.2, 0.25) is 11.8 Å². The Morgan fingerprint density at radius 2 is 2.15 bits per heavy atom. The normalized spacial score (nSPS) is 12.4. The van der Waals surface area contributed by atoms with Crippen LogP contribution in [0.15, 0.2) is 22.6 Å². The lowest BCUT2D eigenvalue weighted by molar-refractivity contribution is 0.385. The summed E-state index contributed by atoms with van der Waals surface area (Å²) in [6.45, 7) is 4.88. The number of nitrogens with one attached hydrogen (secondary N) is 1. The highest BCUT2D eigenvalue weighted by Crippen LogP contribution is 2.27. The lowest BCUT2D eigenvalue weighted by Crippen LogP contribution is -2.20. The summed E-state index contributed by atoms with van der Waals surface area (Å²) in [5.41, 5.74) is 0.633. The van der Waals surface area contributed by atoms with Crippen LogP contribution in [0.1, 0.15) is 32.2 Å². The van der Waals surface area contributed by atoms with Crippen LogP contribution < -0.4 is 10.1 Å². The molecule has 1 N–H and O–H groups in total. The van der Waals surface area contributed by atoms with Crippen molar-refractivity contribution in [3.05, 3.63) is 29.9 Å². The third-order valence-corrected chi connectivity index (χ3v) is 3.00. The molecular weight excluding hydrogens is 261 g/mol. The third-order valence-electron chi connectivity index (χ3n) is 3.00. The highest BCUT2D eigenvalue weighted by Gasteiger charge is 2.17. The molecule has 0 amide bonds. The Balaban J connectivity index is 2.28. The number of hydrogen-bond acceptors (Lipinski definition) is 5. The van der Waals surface area contributed by atoms with Crippen LogP contribution in [-0.2, 0) is 0 Å². The molecule has 2 rings (SSSR count). The molecule has 20 heavy (non-hydrogen) atoms. The molecule has 0 aliphatic heterocycles. The zero-order valence-electron chi connectivity index (χ0n) is 11.8. The van der Waals surface area contributed by atoms with E-state index >= 15 is 0 Å². The van der Waals surface area contributed by atoms with Crippen molar-refractivity contribution in [1.29, 1.82) is 0 Å². The summed E-state index contributed by atoms with van der Waals surface area (Å²) in [6, 6.07) is 4.48. The van der Waals surface area contributed by atoms with E-state index in [0.29, 0.717) is 17.3 Å². The standard InChI is InChI=1S/C14H18FN3O2/c1-4-11(16-5-2)14-18-17-13(20-14)9-6-7-10(15)12(8-9)19-3/h6-8,11,16H,4-5H2,1-3H3. The van der Waals surface area contributed by atoms with Crippen molar-refractivity contribution in [2.75, 3.05) is 13.7 Å². The Hall–Kier alpha value is -1.95. The van der Waals surface area contributed by atoms with Gasteiger partial charge >= 0.3 is 0 Å². The van der Waals surface area contributed by atoms with Crippen LogP contribution in [0.5, 0.6) is 5.75 Å². The second-order valence-electron chi connectivity index (χ2n) is 4.31. The molecule has 1 atom stereocenters. The molecule has 0 radical (unpaired) electrons. The highest BCUT2D eigenvalue weighted by molar-refractivity contribution is 5.55. The number of rotatable bonds is 6. The molecule has 1 unspecified atom stereocenters. The second kappa shape index (κ2) is 6.47. The molecule has 0 aliphatic rings. The summed E-state index contributed by atoms with van der Waals surface area (Å²) >= 11 is 0. The Morgan fingerprint density at radius 1 is 1.35 bits per heavy atom. The number of methoxy groups -OCH3 is 1. The van der Waals surface area contributed by atoms with Crippen molar-refractivity contribution in [3.63, 3.8) is 0 Å². The topological polar surface area (TPSA) is 60.2 Å². The molecule has 0 saturated heterocycles. The second-order valence-corrected chi connectivity index (χ2v) is 4.31. The van der Waals surface area contributed by atoms with Gasteiger partial charge in [-0.3, -0.25) is 0 Å². The summed E-state index contributed by atoms with van der Waals surface area (Å²) < 4.78 is 24.0. The Labute approximate surface area is 117 Å². The first-order valence-electron chi connectivity index (χ1n) is 6.60. The van der Waals surface area contributed by atoms with Crippen molar-refractivity contribution < 1.29 is 13.5 Å². The zero-order chi connectivity index (χ0) is 14.5. The minimum Gasteiger partial charge on any atom is -0.494 e. The summed E-state index contributed by atoms with van der Waals surface area (Å²) in [6.07, 6.45) is 0.849. The molecule has 1 aromatic heterocycles. The van der Waals surface area contributed by atoms with Crippen LogP contribution >= 0.6 is 0 Å². The predicted octanol–water partition coefficient (Wildman–Crippen LogP) is 2.94. The Kier molecular flexibility index (Phi) is 4.68. The SMILES string of the molecule is CCNC(CC)c1nnc(-c2ccc(F)c(OC)c2)o1. The number of aromatic nitrogens is 2. The molecule has 5 nitrogen and oxygen atoms in total. The molecule has 1 heterocycles. The smallest absolute Gasteiger partial charge is 0.247 e. The Bertz CT molecular complexity index is 571. The first kappa shape index (κ1) is 14.5. The van der Waals surface area contributed by atoms with E-state index in [2.05, 4.69) is 15.5 Å². The maximum Gasteiger partial charge on any atom is 0.247 e. The fourth-order valence-electron chi connectivity index (χ4n) is 1.94. The number of ether oxygens (including phenoxy) is 1. The van der Waals surface area contributed by atoms with E-state index in [1.165, 1.54) is 13.2 Å². The van der Waals surface area contributed by atoms with Crippen LogP contribution in [0.2, 0.25) is 0 Å². The monoisotopic (exact) mass is 279 g/mol. The van der Waals surface area contributed by atoms with E-state index in [0.717, 1.165) is 13.0 Å². The Morgan fingerprint density at radius 3 is 2.80 bits per heavy atom. The fourth-order valence-corrected chi connectivity index (χ4v) is 1.94. The van der Waals surface area contributed by atoms with Gasteiger partial charge in [0, 0.05) is 5.56 Å². The van der Waals surface area contributed by atoms with Crippen molar-refractivity contribution in [2.45, 2.75) is 26.3 Å². The molecule has 6 heteroatoms. The van der Waals surface area contributed by atoms with Crippen molar-refractivity contribution >= 4 is 0 Å². The first-order chi connectivity index (χ1) is 9.69. The van der Waals surface area contributed by atoms with E-state index in [1.54, 1.807) is 12.1 Å². The predicted molar refractivity (Wildman–Crippen MR) is 73.0 cm³/mol. The van der Waals surface area contributed by atoms with Gasteiger partial charge in [0.25, 0.3) is 0 Å². The quantitative estimate of drug-likeness (QED) is 0.881. The molecule has 0 saturated carbocycles. The maximum atomic E-state index is 13.4. The van der Waals surface area contributed by atoms with Crippen molar-refractivity contribution in [3.8, 4) is 17.2 Å². The van der Waals surface area contributed by atoms with E-state index in [9.17, 15) is 4.39 Å². The molecule has 2 aromatic rings. The number of hydrogen-bond donors (Lipinski definition) is 1. The molecule has 1 aromatic carbocycles. The molecule has 0 fully saturated rings. The molecular formula is C14H18FN3O2. The van der Waals surface area contributed by atoms with E-state index in [4.69, 9.17) is 9.15 Å². The van der Waals surface area contributed by atoms with Crippen LogP contribution in [0.25, 0.3) is 11.5 Å². The fraction of sp³-hybridized carbons (Fsp3) is 0.429. The van der Waals surface area contributed by atoms with Crippen molar-refractivity contribution in [2.24, 2.45) is 0 Å². The molecule has 0 bridgehead atoms. The minimum absolute atomic E-state index is 0.0311. The number of halogens is 1. The van der Waals surface area contributed by atoms with Gasteiger partial charge < -0.3 is 14.5 Å². The summed E-state index contributed by atoms with van der Waals surface area (Å²) in [5, 5.41) is 11.3. The van der Waals surface area contributed by atoms with Crippen molar-refractivity contribution in [1.82, 2.24) is 15.5 Å². The van der Waals surface area contributed by atoms with E-state index in [1.807, 2.05) is 13.8 Å². The number of nitrogens with zero attached hydrogens (tertiary/aromatic N) is 2. The maximum absolute atomic E-state index is 13.4. The van der Waals surface area contributed by atoms with E-state index < -0.39 is 5.82 Å². The lowest BCUT2D eigenvalue weighted by atomic mass is 10.2. The lowest BCUT2D eigenvalue weighted by Gasteiger charge is -2.10. The van der Waals surface area contributed by atoms with Gasteiger partial charge in [0.05, 0.1) is 13.2 Å². The minimum atomic E-state index is -0.421. The molecule has 108 valence electrons.